The molecular formula is C9H13NO4. The van der Waals surface area contributed by atoms with Crippen molar-refractivity contribution in [1.29, 1.82) is 0 Å². The normalized spacial score (nSPS) is 10.4. The molecule has 0 radical (unpaired) electrons. The molecule has 5 nitrogen and oxygen atoms in total. The molecule has 0 aliphatic heterocycles. The Morgan fingerprint density at radius 3 is 2.86 bits per heavy atom. The highest BCUT2D eigenvalue weighted by Crippen LogP contribution is 2.14. The van der Waals surface area contributed by atoms with Crippen molar-refractivity contribution in [3.8, 4) is 0 Å². The third kappa shape index (κ3) is 2.58. The van der Waals surface area contributed by atoms with Crippen molar-refractivity contribution >= 4 is 5.97 Å². The highest BCUT2D eigenvalue weighted by Gasteiger charge is 2.12. The molecule has 0 atom stereocenters. The van der Waals surface area contributed by atoms with Crippen molar-refractivity contribution in [3.05, 3.63) is 23.2 Å². The average Bonchev–Trinajstić information content (AvgIpc) is 2.49. The van der Waals surface area contributed by atoms with Gasteiger partial charge in [-0.2, -0.15) is 0 Å². The van der Waals surface area contributed by atoms with E-state index in [0.717, 1.165) is 5.56 Å². The quantitative estimate of drug-likeness (QED) is 0.597. The molecule has 0 saturated carbocycles. The SMILES string of the molecule is Cc1oc(C(=O)O)cc1CNCCO. The number of carboxylic acids is 1. The summed E-state index contributed by atoms with van der Waals surface area (Å²) in [6.07, 6.45) is 0. The molecule has 0 spiro atoms. The minimum absolute atomic E-state index is 0.0525. The fourth-order valence-corrected chi connectivity index (χ4v) is 1.10. The summed E-state index contributed by atoms with van der Waals surface area (Å²) in [6.45, 7) is 2.75. The number of hydrogen-bond donors (Lipinski definition) is 3. The number of aryl methyl sites for hydroxylation is 1. The minimum atomic E-state index is -1.07. The summed E-state index contributed by atoms with van der Waals surface area (Å²) in [5.41, 5.74) is 0.802. The van der Waals surface area contributed by atoms with E-state index < -0.39 is 5.97 Å². The summed E-state index contributed by atoms with van der Waals surface area (Å²) in [5.74, 6) is -0.530. The molecule has 78 valence electrons. The molecular weight excluding hydrogens is 186 g/mol. The molecule has 0 amide bonds. The molecule has 0 bridgehead atoms. The summed E-state index contributed by atoms with van der Waals surface area (Å²) in [4.78, 5) is 10.5. The topological polar surface area (TPSA) is 82.7 Å². The van der Waals surface area contributed by atoms with Gasteiger partial charge >= 0.3 is 5.97 Å². The van der Waals surface area contributed by atoms with Crippen LogP contribution in [-0.4, -0.2) is 29.3 Å². The van der Waals surface area contributed by atoms with Crippen LogP contribution in [0.25, 0.3) is 0 Å². The van der Waals surface area contributed by atoms with Gasteiger partial charge in [0.15, 0.2) is 0 Å². The third-order valence-electron chi connectivity index (χ3n) is 1.84. The second-order valence-corrected chi connectivity index (χ2v) is 2.90. The number of aliphatic hydroxyl groups excluding tert-OH is 1. The lowest BCUT2D eigenvalue weighted by Gasteiger charge is -1.99. The Morgan fingerprint density at radius 1 is 1.64 bits per heavy atom. The molecule has 0 aromatic carbocycles. The maximum absolute atomic E-state index is 10.5. The van der Waals surface area contributed by atoms with Gasteiger partial charge in [0.1, 0.15) is 5.76 Å². The van der Waals surface area contributed by atoms with Crippen molar-refractivity contribution in [1.82, 2.24) is 5.32 Å². The zero-order valence-electron chi connectivity index (χ0n) is 7.91. The maximum Gasteiger partial charge on any atom is 0.371 e. The smallest absolute Gasteiger partial charge is 0.371 e. The summed E-state index contributed by atoms with van der Waals surface area (Å²) in [7, 11) is 0. The van der Waals surface area contributed by atoms with Gasteiger partial charge in [-0.05, 0) is 13.0 Å². The van der Waals surface area contributed by atoms with Gasteiger partial charge in [-0.15, -0.1) is 0 Å². The van der Waals surface area contributed by atoms with E-state index in [0.29, 0.717) is 18.8 Å². The lowest BCUT2D eigenvalue weighted by atomic mass is 10.2. The zero-order valence-corrected chi connectivity index (χ0v) is 7.91. The van der Waals surface area contributed by atoms with E-state index in [2.05, 4.69) is 5.32 Å². The van der Waals surface area contributed by atoms with E-state index >= 15 is 0 Å². The number of nitrogens with one attached hydrogen (secondary N) is 1. The van der Waals surface area contributed by atoms with Crippen molar-refractivity contribution in [2.24, 2.45) is 0 Å². The molecule has 0 saturated heterocycles. The second kappa shape index (κ2) is 4.78. The molecule has 0 unspecified atom stereocenters. The van der Waals surface area contributed by atoms with Gasteiger partial charge in [-0.25, -0.2) is 4.79 Å². The predicted octanol–water partition coefficient (Wildman–Crippen LogP) is 0.368. The van der Waals surface area contributed by atoms with Crippen LogP contribution in [0, 0.1) is 6.92 Å². The largest absolute Gasteiger partial charge is 0.475 e. The van der Waals surface area contributed by atoms with E-state index in [4.69, 9.17) is 14.6 Å². The number of aliphatic hydroxyl groups is 1. The first-order valence-corrected chi connectivity index (χ1v) is 4.29. The number of rotatable bonds is 5. The molecule has 0 aliphatic carbocycles. The fourth-order valence-electron chi connectivity index (χ4n) is 1.10. The van der Waals surface area contributed by atoms with Crippen LogP contribution in [0.5, 0.6) is 0 Å². The molecule has 1 aromatic rings. The Morgan fingerprint density at radius 2 is 2.36 bits per heavy atom. The van der Waals surface area contributed by atoms with Crippen LogP contribution >= 0.6 is 0 Å². The lowest BCUT2D eigenvalue weighted by Crippen LogP contribution is -2.17. The van der Waals surface area contributed by atoms with Gasteiger partial charge in [-0.1, -0.05) is 0 Å². The first-order valence-electron chi connectivity index (χ1n) is 4.29. The van der Waals surface area contributed by atoms with Gasteiger partial charge in [0.2, 0.25) is 5.76 Å². The van der Waals surface area contributed by atoms with Gasteiger partial charge in [0, 0.05) is 18.7 Å². The van der Waals surface area contributed by atoms with Crippen LogP contribution in [0.3, 0.4) is 0 Å². The highest BCUT2D eigenvalue weighted by molar-refractivity contribution is 5.84. The molecule has 3 N–H and O–H groups in total. The van der Waals surface area contributed by atoms with Crippen LogP contribution < -0.4 is 5.32 Å². The molecule has 5 heteroatoms. The van der Waals surface area contributed by atoms with E-state index in [1.165, 1.54) is 6.07 Å². The zero-order chi connectivity index (χ0) is 10.6. The second-order valence-electron chi connectivity index (χ2n) is 2.90. The van der Waals surface area contributed by atoms with Gasteiger partial charge < -0.3 is 19.9 Å². The van der Waals surface area contributed by atoms with Crippen molar-refractivity contribution < 1.29 is 19.4 Å². The lowest BCUT2D eigenvalue weighted by molar-refractivity contribution is 0.0661. The van der Waals surface area contributed by atoms with Crippen LogP contribution in [0.1, 0.15) is 21.9 Å². The summed E-state index contributed by atoms with van der Waals surface area (Å²) in [5, 5.41) is 20.1. The highest BCUT2D eigenvalue weighted by atomic mass is 16.4. The predicted molar refractivity (Wildman–Crippen MR) is 49.2 cm³/mol. The molecule has 0 fully saturated rings. The monoisotopic (exact) mass is 199 g/mol. The first-order chi connectivity index (χ1) is 6.65. The molecule has 14 heavy (non-hydrogen) atoms. The number of aromatic carboxylic acids is 1. The van der Waals surface area contributed by atoms with Crippen molar-refractivity contribution in [2.45, 2.75) is 13.5 Å². The standard InChI is InChI=1S/C9H13NO4/c1-6-7(5-10-2-3-11)4-8(14-6)9(12)13/h4,10-11H,2-3,5H2,1H3,(H,12,13). The minimum Gasteiger partial charge on any atom is -0.475 e. The van der Waals surface area contributed by atoms with Gasteiger partial charge in [-0.3, -0.25) is 0 Å². The summed E-state index contributed by atoms with van der Waals surface area (Å²) < 4.78 is 5.00. The van der Waals surface area contributed by atoms with Crippen LogP contribution in [-0.2, 0) is 6.54 Å². The Kier molecular flexibility index (Phi) is 3.67. The van der Waals surface area contributed by atoms with E-state index in [1.54, 1.807) is 6.92 Å². The van der Waals surface area contributed by atoms with Crippen molar-refractivity contribution in [3.63, 3.8) is 0 Å². The number of carbonyl (C=O) groups is 1. The first kappa shape index (κ1) is 10.7. The van der Waals surface area contributed by atoms with Gasteiger partial charge in [0.25, 0.3) is 0 Å². The van der Waals surface area contributed by atoms with Crippen LogP contribution in [0.2, 0.25) is 0 Å². The molecule has 1 heterocycles. The summed E-state index contributed by atoms with van der Waals surface area (Å²) >= 11 is 0. The Hall–Kier alpha value is -1.33. The molecule has 0 aliphatic rings. The van der Waals surface area contributed by atoms with Crippen LogP contribution in [0.15, 0.2) is 10.5 Å². The van der Waals surface area contributed by atoms with Crippen LogP contribution in [0.4, 0.5) is 0 Å². The number of carboxylic acid groups (broad SMARTS) is 1. The van der Waals surface area contributed by atoms with Gasteiger partial charge in [0.05, 0.1) is 6.61 Å². The Bertz CT molecular complexity index is 319. The number of furan rings is 1. The fraction of sp³-hybridized carbons (Fsp3) is 0.444. The third-order valence-corrected chi connectivity index (χ3v) is 1.84. The van der Waals surface area contributed by atoms with E-state index in [1.807, 2.05) is 0 Å². The maximum atomic E-state index is 10.5. The Balaban J connectivity index is 2.63. The van der Waals surface area contributed by atoms with Crippen molar-refractivity contribution in [2.75, 3.05) is 13.2 Å². The van der Waals surface area contributed by atoms with E-state index in [-0.39, 0.29) is 12.4 Å². The van der Waals surface area contributed by atoms with E-state index in [9.17, 15) is 4.79 Å². The summed E-state index contributed by atoms with van der Waals surface area (Å²) in [6, 6.07) is 1.49. The molecule has 1 aromatic heterocycles. The average molecular weight is 199 g/mol. The Labute approximate surface area is 81.4 Å². The molecule has 1 rings (SSSR count). The number of hydrogen-bond acceptors (Lipinski definition) is 4.